The van der Waals surface area contributed by atoms with Crippen molar-refractivity contribution in [3.63, 3.8) is 0 Å². The highest BCUT2D eigenvalue weighted by molar-refractivity contribution is 7.98. The summed E-state index contributed by atoms with van der Waals surface area (Å²) in [6.45, 7) is 4.22. The molecule has 3 unspecified atom stereocenters. The van der Waals surface area contributed by atoms with Gasteiger partial charge in [-0.3, -0.25) is 13.8 Å². The molecule has 1 aliphatic rings. The van der Waals surface area contributed by atoms with E-state index in [1.165, 1.54) is 24.1 Å². The van der Waals surface area contributed by atoms with Gasteiger partial charge < -0.3 is 25.4 Å². The Bertz CT molecular complexity index is 1820. The van der Waals surface area contributed by atoms with Gasteiger partial charge in [0.1, 0.15) is 17.8 Å². The van der Waals surface area contributed by atoms with Crippen LogP contribution in [0.5, 0.6) is 5.75 Å². The maximum Gasteiger partial charge on any atom is 0.327 e. The Kier molecular flexibility index (Phi) is 14.7. The molecule has 0 saturated carbocycles. The summed E-state index contributed by atoms with van der Waals surface area (Å²) in [4.78, 5) is 41.4. The van der Waals surface area contributed by atoms with E-state index < -0.39 is 62.5 Å². The number of anilines is 2. The second-order valence-corrected chi connectivity index (χ2v) is 17.5. The Labute approximate surface area is 313 Å². The third kappa shape index (κ3) is 10.6. The molecule has 11 nitrogen and oxygen atoms in total. The van der Waals surface area contributed by atoms with E-state index in [-0.39, 0.29) is 22.2 Å². The second-order valence-electron chi connectivity index (χ2n) is 13.2. The average Bonchev–Trinajstić information content (AvgIpc) is 3.22. The number of carbonyl (C=O) groups excluding carboxylic acids is 2. The van der Waals surface area contributed by atoms with Crippen LogP contribution in [0.1, 0.15) is 64.0 Å². The number of para-hydroxylation sites is 1. The van der Waals surface area contributed by atoms with Crippen LogP contribution in [0, 0.1) is 5.41 Å². The molecule has 52 heavy (non-hydrogen) atoms. The van der Waals surface area contributed by atoms with Gasteiger partial charge in [0.2, 0.25) is 5.91 Å². The number of rotatable bonds is 18. The largest absolute Gasteiger partial charge is 0.483 e. The van der Waals surface area contributed by atoms with Crippen LogP contribution in [0.2, 0.25) is 0 Å². The molecule has 0 fully saturated rings. The van der Waals surface area contributed by atoms with Crippen LogP contribution in [0.3, 0.4) is 0 Å². The molecule has 14 heteroatoms. The van der Waals surface area contributed by atoms with E-state index in [1.807, 2.05) is 42.7 Å². The van der Waals surface area contributed by atoms with Gasteiger partial charge in [-0.15, -0.1) is 11.8 Å². The summed E-state index contributed by atoms with van der Waals surface area (Å²) in [5, 5.41) is 14.6. The fraction of sp³-hybridized carbons (Fsp3) is 0.447. The molecule has 0 radical (unpaired) electrons. The summed E-state index contributed by atoms with van der Waals surface area (Å²) in [6.07, 6.45) is 8.46. The van der Waals surface area contributed by atoms with Crippen LogP contribution in [-0.2, 0) is 35.0 Å². The minimum absolute atomic E-state index is 0.00824. The van der Waals surface area contributed by atoms with Crippen molar-refractivity contribution in [3.05, 3.63) is 78.4 Å². The van der Waals surface area contributed by atoms with Crippen molar-refractivity contribution in [2.45, 2.75) is 74.2 Å². The number of fused-ring (bicyclic) bond motifs is 1. The number of nitrogens with one attached hydrogen (secondary N) is 2. The number of carboxylic acid groups (broad SMARTS) is 1. The molecule has 0 spiro atoms. The van der Waals surface area contributed by atoms with Gasteiger partial charge in [-0.05, 0) is 42.9 Å². The number of unbranched alkanes of at least 4 members (excludes halogenated alkanes) is 2. The number of sulfone groups is 1. The van der Waals surface area contributed by atoms with E-state index in [9.17, 15) is 32.1 Å². The first-order valence-electron chi connectivity index (χ1n) is 17.4. The molecule has 0 aliphatic carbocycles. The van der Waals surface area contributed by atoms with Crippen molar-refractivity contribution in [1.82, 2.24) is 10.6 Å². The van der Waals surface area contributed by atoms with Crippen molar-refractivity contribution in [1.29, 1.82) is 0 Å². The lowest BCUT2D eigenvalue weighted by Crippen LogP contribution is -2.49. The van der Waals surface area contributed by atoms with Gasteiger partial charge in [-0.2, -0.15) is 0 Å². The van der Waals surface area contributed by atoms with Crippen molar-refractivity contribution < 1.29 is 36.9 Å². The van der Waals surface area contributed by atoms with E-state index in [4.69, 9.17) is 4.74 Å². The van der Waals surface area contributed by atoms with E-state index in [2.05, 4.69) is 29.4 Å². The SMILES string of the molecule is CCCCC1(CCCC)CN(c2ccccc2)c2cc(SC)c(OCC(=O)NC(C(=O)NC(CS(C)=O)C(=O)O)c3ccccc3)cc2S(=O)(=O)C1. The van der Waals surface area contributed by atoms with Gasteiger partial charge in [0, 0.05) is 40.8 Å². The number of aliphatic carboxylic acids is 1. The lowest BCUT2D eigenvalue weighted by molar-refractivity contribution is -0.141. The highest BCUT2D eigenvalue weighted by Crippen LogP contribution is 2.47. The number of benzene rings is 3. The Hall–Kier alpha value is -3.88. The van der Waals surface area contributed by atoms with E-state index in [0.29, 0.717) is 22.7 Å². The summed E-state index contributed by atoms with van der Waals surface area (Å²) in [7, 11) is -5.33. The van der Waals surface area contributed by atoms with Gasteiger partial charge in [0.25, 0.3) is 5.91 Å². The van der Waals surface area contributed by atoms with Gasteiger partial charge >= 0.3 is 5.97 Å². The average molecular weight is 772 g/mol. The van der Waals surface area contributed by atoms with Crippen LogP contribution >= 0.6 is 11.8 Å². The molecule has 3 aromatic carbocycles. The van der Waals surface area contributed by atoms with Gasteiger partial charge in [0.15, 0.2) is 16.4 Å². The molecule has 0 saturated heterocycles. The van der Waals surface area contributed by atoms with Crippen LogP contribution in [0.15, 0.2) is 82.6 Å². The van der Waals surface area contributed by atoms with Crippen LogP contribution in [-0.4, -0.2) is 78.7 Å². The highest BCUT2D eigenvalue weighted by atomic mass is 32.2. The number of ether oxygens (including phenoxy) is 1. The zero-order valence-electron chi connectivity index (χ0n) is 30.1. The molecular formula is C38H49N3O8S3. The molecule has 4 rings (SSSR count). The number of amides is 2. The molecule has 0 aromatic heterocycles. The van der Waals surface area contributed by atoms with E-state index in [0.717, 1.165) is 44.2 Å². The van der Waals surface area contributed by atoms with E-state index >= 15 is 0 Å². The standard InChI is InChI=1S/C38H49N3O8S3/c1-5-7-19-38(20-8-6-2)25-41(28-17-13-10-14-18-28)30-21-32(50-3)31(22-33(30)52(47,48)26-38)49-23-34(42)40-35(27-15-11-9-12-16-27)36(43)39-29(37(44)45)24-51(4)46/h9-18,21-22,29,35H,5-8,19-20,23-26H2,1-4H3,(H,39,43)(H,40,42)(H,44,45). The molecule has 0 bridgehead atoms. The van der Waals surface area contributed by atoms with Gasteiger partial charge in [-0.25, -0.2) is 13.2 Å². The summed E-state index contributed by atoms with van der Waals surface area (Å²) in [5.74, 6) is -2.95. The Morgan fingerprint density at radius 3 is 2.15 bits per heavy atom. The fourth-order valence-corrected chi connectivity index (χ4v) is 9.90. The summed E-state index contributed by atoms with van der Waals surface area (Å²) < 4.78 is 46.6. The van der Waals surface area contributed by atoms with Crippen LogP contribution in [0.4, 0.5) is 11.4 Å². The van der Waals surface area contributed by atoms with Crippen LogP contribution < -0.4 is 20.3 Å². The van der Waals surface area contributed by atoms with Crippen molar-refractivity contribution in [2.75, 3.05) is 42.1 Å². The highest BCUT2D eigenvalue weighted by Gasteiger charge is 2.42. The number of hydrogen-bond acceptors (Lipinski definition) is 9. The molecule has 1 aliphatic heterocycles. The zero-order valence-corrected chi connectivity index (χ0v) is 32.6. The summed E-state index contributed by atoms with van der Waals surface area (Å²) in [5.41, 5.74) is 1.37. The molecule has 3 N–H and O–H groups in total. The topological polar surface area (TPSA) is 159 Å². The monoisotopic (exact) mass is 771 g/mol. The lowest BCUT2D eigenvalue weighted by atomic mass is 9.79. The molecule has 1 heterocycles. The van der Waals surface area contributed by atoms with Crippen molar-refractivity contribution in [3.8, 4) is 5.75 Å². The number of thioether (sulfide) groups is 1. The lowest BCUT2D eigenvalue weighted by Gasteiger charge is -2.37. The first-order chi connectivity index (χ1) is 24.8. The molecule has 3 atom stereocenters. The fourth-order valence-electron chi connectivity index (χ4n) is 6.54. The smallest absolute Gasteiger partial charge is 0.327 e. The predicted octanol–water partition coefficient (Wildman–Crippen LogP) is 5.88. The number of nitrogens with zero attached hydrogens (tertiary/aromatic N) is 1. The first-order valence-corrected chi connectivity index (χ1v) is 22.0. The molecular weight excluding hydrogens is 723 g/mol. The Balaban J connectivity index is 1.67. The Morgan fingerprint density at radius 1 is 0.981 bits per heavy atom. The maximum atomic E-state index is 14.4. The Morgan fingerprint density at radius 2 is 1.60 bits per heavy atom. The minimum atomic E-state index is -3.82. The summed E-state index contributed by atoms with van der Waals surface area (Å²) in [6, 6.07) is 18.7. The van der Waals surface area contributed by atoms with Gasteiger partial charge in [-0.1, -0.05) is 88.1 Å². The van der Waals surface area contributed by atoms with Crippen LogP contribution in [0.25, 0.3) is 0 Å². The third-order valence-electron chi connectivity index (χ3n) is 9.13. The molecule has 3 aromatic rings. The van der Waals surface area contributed by atoms with Crippen molar-refractivity contribution >= 4 is 61.6 Å². The zero-order chi connectivity index (χ0) is 37.9. The van der Waals surface area contributed by atoms with Gasteiger partial charge in [0.05, 0.1) is 27.0 Å². The number of hydrogen-bond donors (Lipinski definition) is 3. The van der Waals surface area contributed by atoms with E-state index in [1.54, 1.807) is 30.3 Å². The molecule has 2 amide bonds. The maximum absolute atomic E-state index is 14.4. The second kappa shape index (κ2) is 18.7. The first kappa shape index (κ1) is 40.9. The van der Waals surface area contributed by atoms with Crippen molar-refractivity contribution in [2.24, 2.45) is 5.41 Å². The summed E-state index contributed by atoms with van der Waals surface area (Å²) >= 11 is 1.36. The third-order valence-corrected chi connectivity index (χ3v) is 12.7. The number of carboxylic acids is 1. The predicted molar refractivity (Wildman–Crippen MR) is 207 cm³/mol. The number of carbonyl (C=O) groups is 3. The normalized spacial score (nSPS) is 16.4. The quantitative estimate of drug-likeness (QED) is 0.133. The minimum Gasteiger partial charge on any atom is -0.483 e. The molecule has 282 valence electrons.